The fourth-order valence-electron chi connectivity index (χ4n) is 2.34. The van der Waals surface area contributed by atoms with Gasteiger partial charge >= 0.3 is 6.09 Å². The molecule has 1 aliphatic rings. The molecule has 1 aliphatic heterocycles. The van der Waals surface area contributed by atoms with E-state index < -0.39 is 5.60 Å². The van der Waals surface area contributed by atoms with E-state index >= 15 is 0 Å². The molecule has 6 heteroatoms. The Balaban J connectivity index is 2.51. The summed E-state index contributed by atoms with van der Waals surface area (Å²) in [7, 11) is 1.60. The molecule has 1 heterocycles. The quantitative estimate of drug-likeness (QED) is 0.859. The van der Waals surface area contributed by atoms with E-state index in [-0.39, 0.29) is 24.0 Å². The molecule has 0 unspecified atom stereocenters. The molecule has 1 rings (SSSR count). The Kier molecular flexibility index (Phi) is 6.45. The van der Waals surface area contributed by atoms with Gasteiger partial charge in [-0.3, -0.25) is 4.79 Å². The minimum absolute atomic E-state index is 0.0205. The Morgan fingerprint density at radius 3 is 2.62 bits per heavy atom. The van der Waals surface area contributed by atoms with Crippen LogP contribution in [0.1, 0.15) is 40.5 Å². The molecule has 2 amide bonds. The highest BCUT2D eigenvalue weighted by molar-refractivity contribution is 5.80. The molecule has 1 saturated heterocycles. The first-order valence-electron chi connectivity index (χ1n) is 7.50. The standard InChI is InChI=1S/C15H28N2O4/c1-11(10-20-5)16-13(18)12-7-6-8-17(9-12)14(19)21-15(2,3)4/h11-12H,6-10H2,1-5H3,(H,16,18)/t11-,12-/m0/s1. The van der Waals surface area contributed by atoms with Crippen LogP contribution in [-0.2, 0) is 14.3 Å². The predicted octanol–water partition coefficient (Wildman–Crippen LogP) is 1.78. The van der Waals surface area contributed by atoms with E-state index in [2.05, 4.69) is 5.32 Å². The van der Waals surface area contributed by atoms with Crippen molar-refractivity contribution >= 4 is 12.0 Å². The molecule has 6 nitrogen and oxygen atoms in total. The molecular formula is C15H28N2O4. The Hall–Kier alpha value is -1.30. The number of nitrogens with one attached hydrogen (secondary N) is 1. The van der Waals surface area contributed by atoms with E-state index in [9.17, 15) is 9.59 Å². The van der Waals surface area contributed by atoms with Gasteiger partial charge in [-0.2, -0.15) is 0 Å². The van der Waals surface area contributed by atoms with Crippen LogP contribution in [0.4, 0.5) is 4.79 Å². The molecule has 0 radical (unpaired) electrons. The lowest BCUT2D eigenvalue weighted by atomic mass is 9.97. The van der Waals surface area contributed by atoms with Crippen molar-refractivity contribution in [3.05, 3.63) is 0 Å². The number of rotatable bonds is 4. The van der Waals surface area contributed by atoms with Crippen LogP contribution in [0, 0.1) is 5.92 Å². The second kappa shape index (κ2) is 7.64. The molecule has 21 heavy (non-hydrogen) atoms. The zero-order chi connectivity index (χ0) is 16.0. The van der Waals surface area contributed by atoms with E-state index in [1.54, 1.807) is 12.0 Å². The van der Waals surface area contributed by atoms with Gasteiger partial charge in [0.2, 0.25) is 5.91 Å². The van der Waals surface area contributed by atoms with E-state index in [0.29, 0.717) is 19.7 Å². The molecular weight excluding hydrogens is 272 g/mol. The van der Waals surface area contributed by atoms with Gasteiger partial charge in [0.05, 0.1) is 12.5 Å². The Morgan fingerprint density at radius 1 is 1.38 bits per heavy atom. The maximum atomic E-state index is 12.2. The summed E-state index contributed by atoms with van der Waals surface area (Å²) in [5.74, 6) is -0.196. The molecule has 1 fully saturated rings. The molecule has 0 bridgehead atoms. The fourth-order valence-corrected chi connectivity index (χ4v) is 2.34. The van der Waals surface area contributed by atoms with E-state index in [0.717, 1.165) is 12.8 Å². The maximum Gasteiger partial charge on any atom is 0.410 e. The lowest BCUT2D eigenvalue weighted by Gasteiger charge is -2.33. The van der Waals surface area contributed by atoms with Gasteiger partial charge in [0.15, 0.2) is 0 Å². The number of hydrogen-bond acceptors (Lipinski definition) is 4. The van der Waals surface area contributed by atoms with Gasteiger partial charge in [-0.25, -0.2) is 4.79 Å². The number of likely N-dealkylation sites (tertiary alicyclic amines) is 1. The van der Waals surface area contributed by atoms with Crippen LogP contribution >= 0.6 is 0 Å². The third kappa shape index (κ3) is 6.33. The molecule has 0 aromatic heterocycles. The van der Waals surface area contributed by atoms with Gasteiger partial charge in [-0.05, 0) is 40.5 Å². The zero-order valence-electron chi connectivity index (χ0n) is 13.8. The summed E-state index contributed by atoms with van der Waals surface area (Å²) in [6, 6.07) is -0.0283. The van der Waals surface area contributed by atoms with Crippen LogP contribution in [0.15, 0.2) is 0 Å². The Morgan fingerprint density at radius 2 is 2.05 bits per heavy atom. The smallest absolute Gasteiger partial charge is 0.410 e. The number of hydrogen-bond donors (Lipinski definition) is 1. The third-order valence-corrected chi connectivity index (χ3v) is 3.25. The first-order chi connectivity index (χ1) is 9.73. The Labute approximate surface area is 127 Å². The van der Waals surface area contributed by atoms with Gasteiger partial charge in [0, 0.05) is 26.2 Å². The molecule has 2 atom stereocenters. The lowest BCUT2D eigenvalue weighted by molar-refractivity contribution is -0.127. The number of ether oxygens (including phenoxy) is 2. The first kappa shape index (κ1) is 17.8. The molecule has 0 aliphatic carbocycles. The van der Waals surface area contributed by atoms with E-state index in [1.165, 1.54) is 0 Å². The van der Waals surface area contributed by atoms with Gasteiger partial charge in [0.25, 0.3) is 0 Å². The summed E-state index contributed by atoms with van der Waals surface area (Å²) in [5.41, 5.74) is -0.515. The lowest BCUT2D eigenvalue weighted by Crippen LogP contribution is -2.48. The van der Waals surface area contributed by atoms with Crippen LogP contribution in [0.5, 0.6) is 0 Å². The molecule has 0 saturated carbocycles. The number of carbonyl (C=O) groups excluding carboxylic acids is 2. The molecule has 122 valence electrons. The number of piperidine rings is 1. The van der Waals surface area contributed by atoms with Crippen molar-refractivity contribution in [2.75, 3.05) is 26.8 Å². The van der Waals surface area contributed by atoms with Gasteiger partial charge in [-0.15, -0.1) is 0 Å². The van der Waals surface area contributed by atoms with Crippen molar-refractivity contribution in [2.45, 2.75) is 52.2 Å². The molecule has 1 N–H and O–H groups in total. The van der Waals surface area contributed by atoms with E-state index in [4.69, 9.17) is 9.47 Å². The number of nitrogens with zero attached hydrogens (tertiary/aromatic N) is 1. The number of carbonyl (C=O) groups is 2. The third-order valence-electron chi connectivity index (χ3n) is 3.25. The summed E-state index contributed by atoms with van der Waals surface area (Å²) >= 11 is 0. The molecule has 0 spiro atoms. The summed E-state index contributed by atoms with van der Waals surface area (Å²) in [5, 5.41) is 2.92. The van der Waals surface area contributed by atoms with Crippen LogP contribution in [0.3, 0.4) is 0 Å². The second-order valence-electron chi connectivity index (χ2n) is 6.63. The summed E-state index contributed by atoms with van der Waals surface area (Å²) in [4.78, 5) is 25.9. The Bertz CT molecular complexity index is 365. The van der Waals surface area contributed by atoms with Gasteiger partial charge < -0.3 is 19.7 Å². The first-order valence-corrected chi connectivity index (χ1v) is 7.50. The van der Waals surface area contributed by atoms with E-state index in [1.807, 2.05) is 27.7 Å². The highest BCUT2D eigenvalue weighted by atomic mass is 16.6. The van der Waals surface area contributed by atoms with Crippen molar-refractivity contribution in [1.29, 1.82) is 0 Å². The van der Waals surface area contributed by atoms with Crippen molar-refractivity contribution < 1.29 is 19.1 Å². The van der Waals surface area contributed by atoms with Crippen LogP contribution in [0.2, 0.25) is 0 Å². The number of amides is 2. The molecule has 0 aromatic rings. The highest BCUT2D eigenvalue weighted by Gasteiger charge is 2.31. The molecule has 0 aromatic carbocycles. The number of methoxy groups -OCH3 is 1. The van der Waals surface area contributed by atoms with Gasteiger partial charge in [0.1, 0.15) is 5.60 Å². The van der Waals surface area contributed by atoms with Crippen molar-refractivity contribution in [2.24, 2.45) is 5.92 Å². The van der Waals surface area contributed by atoms with Crippen molar-refractivity contribution in [1.82, 2.24) is 10.2 Å². The average molecular weight is 300 g/mol. The summed E-state index contributed by atoms with van der Waals surface area (Å²) in [6.45, 7) is 8.96. The van der Waals surface area contributed by atoms with Crippen molar-refractivity contribution in [3.63, 3.8) is 0 Å². The predicted molar refractivity (Wildman–Crippen MR) is 80.0 cm³/mol. The summed E-state index contributed by atoms with van der Waals surface area (Å²) < 4.78 is 10.4. The minimum Gasteiger partial charge on any atom is -0.444 e. The second-order valence-corrected chi connectivity index (χ2v) is 6.63. The van der Waals surface area contributed by atoms with Crippen LogP contribution in [-0.4, -0.2) is 55.3 Å². The van der Waals surface area contributed by atoms with Crippen molar-refractivity contribution in [3.8, 4) is 0 Å². The fraction of sp³-hybridized carbons (Fsp3) is 0.867. The topological polar surface area (TPSA) is 67.9 Å². The zero-order valence-corrected chi connectivity index (χ0v) is 13.8. The largest absolute Gasteiger partial charge is 0.444 e. The normalized spacial score (nSPS) is 20.8. The van der Waals surface area contributed by atoms with Crippen LogP contribution in [0.25, 0.3) is 0 Å². The van der Waals surface area contributed by atoms with Gasteiger partial charge in [-0.1, -0.05) is 0 Å². The average Bonchev–Trinajstić information content (AvgIpc) is 2.37. The SMILES string of the molecule is COC[C@H](C)NC(=O)[C@H]1CCCN(C(=O)OC(C)(C)C)C1. The maximum absolute atomic E-state index is 12.2. The monoisotopic (exact) mass is 300 g/mol. The van der Waals surface area contributed by atoms with Crippen LogP contribution < -0.4 is 5.32 Å². The summed E-state index contributed by atoms with van der Waals surface area (Å²) in [6.07, 6.45) is 1.27. The minimum atomic E-state index is -0.515. The highest BCUT2D eigenvalue weighted by Crippen LogP contribution is 2.19.